The Balaban J connectivity index is 1.92. The molecule has 2 aliphatic heterocycles. The summed E-state index contributed by atoms with van der Waals surface area (Å²) in [5, 5.41) is 6.78. The molecule has 0 amide bonds. The van der Waals surface area contributed by atoms with Gasteiger partial charge in [-0.15, -0.1) is 0 Å². The summed E-state index contributed by atoms with van der Waals surface area (Å²) in [4.78, 5) is 0. The molecule has 0 saturated carbocycles. The summed E-state index contributed by atoms with van der Waals surface area (Å²) < 4.78 is 0. The first-order valence-corrected chi connectivity index (χ1v) is 3.41. The predicted octanol–water partition coefficient (Wildman–Crippen LogP) is -0.432. The van der Waals surface area contributed by atoms with Crippen LogP contribution in [0.4, 0.5) is 0 Å². The number of hydrogen-bond donors (Lipinski definition) is 2. The van der Waals surface area contributed by atoms with Crippen LogP contribution in [0.25, 0.3) is 0 Å². The van der Waals surface area contributed by atoms with Gasteiger partial charge in [0.15, 0.2) is 0 Å². The maximum Gasteiger partial charge on any atom is 0.0132 e. The van der Waals surface area contributed by atoms with Crippen LogP contribution in [0, 0.1) is 5.92 Å². The third-order valence-electron chi connectivity index (χ3n) is 2.25. The molecule has 2 heterocycles. The van der Waals surface area contributed by atoms with Crippen LogP contribution in [0.3, 0.4) is 0 Å². The van der Waals surface area contributed by atoms with E-state index in [1.54, 1.807) is 0 Å². The van der Waals surface area contributed by atoms with Crippen LogP contribution in [-0.4, -0.2) is 25.7 Å². The van der Waals surface area contributed by atoms with Gasteiger partial charge in [-0.25, -0.2) is 0 Å². The van der Waals surface area contributed by atoms with Crippen molar-refractivity contribution in [3.63, 3.8) is 0 Å². The predicted molar refractivity (Wildman–Crippen MR) is 32.8 cm³/mol. The van der Waals surface area contributed by atoms with E-state index in [0.717, 1.165) is 12.0 Å². The van der Waals surface area contributed by atoms with Crippen molar-refractivity contribution in [3.8, 4) is 0 Å². The fourth-order valence-corrected chi connectivity index (χ4v) is 1.55. The first-order chi connectivity index (χ1) is 3.97. The summed E-state index contributed by atoms with van der Waals surface area (Å²) in [5.41, 5.74) is 0. The van der Waals surface area contributed by atoms with Gasteiger partial charge in [-0.3, -0.25) is 0 Å². The lowest BCUT2D eigenvalue weighted by Gasteiger charge is -2.41. The molecule has 0 spiro atoms. The van der Waals surface area contributed by atoms with Crippen LogP contribution in [0.2, 0.25) is 0 Å². The first-order valence-electron chi connectivity index (χ1n) is 3.41. The molecule has 2 rings (SSSR count). The zero-order valence-electron chi connectivity index (χ0n) is 4.98. The van der Waals surface area contributed by atoms with Crippen molar-refractivity contribution in [2.75, 3.05) is 19.6 Å². The van der Waals surface area contributed by atoms with Crippen LogP contribution in [-0.2, 0) is 0 Å². The van der Waals surface area contributed by atoms with Crippen molar-refractivity contribution in [1.29, 1.82) is 0 Å². The minimum absolute atomic E-state index is 0.872. The topological polar surface area (TPSA) is 24.1 Å². The maximum absolute atomic E-state index is 3.41. The van der Waals surface area contributed by atoms with E-state index in [0.29, 0.717) is 0 Å². The monoisotopic (exact) mass is 112 g/mol. The Labute approximate surface area is 49.7 Å². The molecule has 0 unspecified atom stereocenters. The summed E-state index contributed by atoms with van der Waals surface area (Å²) >= 11 is 0. The molecule has 2 fully saturated rings. The molecule has 2 saturated heterocycles. The smallest absolute Gasteiger partial charge is 0.0132 e. The third-order valence-corrected chi connectivity index (χ3v) is 2.25. The van der Waals surface area contributed by atoms with Crippen molar-refractivity contribution < 1.29 is 0 Å². The number of rotatable bonds is 0. The van der Waals surface area contributed by atoms with E-state index in [2.05, 4.69) is 10.6 Å². The van der Waals surface area contributed by atoms with Gasteiger partial charge in [-0.1, -0.05) is 0 Å². The van der Waals surface area contributed by atoms with Gasteiger partial charge in [0.05, 0.1) is 0 Å². The van der Waals surface area contributed by atoms with E-state index in [9.17, 15) is 0 Å². The molecule has 0 aliphatic carbocycles. The summed E-state index contributed by atoms with van der Waals surface area (Å²) in [5.74, 6) is 0.962. The van der Waals surface area contributed by atoms with Gasteiger partial charge < -0.3 is 10.6 Å². The van der Waals surface area contributed by atoms with Gasteiger partial charge in [0.1, 0.15) is 0 Å². The Morgan fingerprint density at radius 1 is 1.25 bits per heavy atom. The second-order valence-corrected chi connectivity index (χ2v) is 2.77. The van der Waals surface area contributed by atoms with E-state index in [-0.39, 0.29) is 0 Å². The lowest BCUT2D eigenvalue weighted by molar-refractivity contribution is 0.181. The molecule has 2 nitrogen and oxygen atoms in total. The standard InChI is InChI=1S/C6H12N2/c1-2-7-3-5-4-8-6(1)5/h5-8H,1-4H2/t5-,6-/m0/s1. The van der Waals surface area contributed by atoms with Crippen LogP contribution in [0.1, 0.15) is 6.42 Å². The van der Waals surface area contributed by atoms with Gasteiger partial charge >= 0.3 is 0 Å². The molecule has 0 radical (unpaired) electrons. The first kappa shape index (κ1) is 4.77. The molecule has 46 valence electrons. The summed E-state index contributed by atoms with van der Waals surface area (Å²) in [6, 6.07) is 0.872. The van der Waals surface area contributed by atoms with E-state index < -0.39 is 0 Å². The van der Waals surface area contributed by atoms with Gasteiger partial charge in [0.25, 0.3) is 0 Å². The van der Waals surface area contributed by atoms with Crippen LogP contribution < -0.4 is 10.6 Å². The highest BCUT2D eigenvalue weighted by Crippen LogP contribution is 2.17. The fourth-order valence-electron chi connectivity index (χ4n) is 1.55. The second kappa shape index (κ2) is 1.71. The van der Waals surface area contributed by atoms with Crippen LogP contribution in [0.15, 0.2) is 0 Å². The highest BCUT2D eigenvalue weighted by molar-refractivity contribution is 4.92. The highest BCUT2D eigenvalue weighted by Gasteiger charge is 2.31. The SMILES string of the molecule is C1C[C@@H]2NC[C@@H]2CN1. The second-order valence-electron chi connectivity index (χ2n) is 2.77. The van der Waals surface area contributed by atoms with Gasteiger partial charge in [-0.05, 0) is 18.9 Å². The number of nitrogens with one attached hydrogen (secondary N) is 2. The molecule has 2 N–H and O–H groups in total. The molecule has 2 atom stereocenters. The fraction of sp³-hybridized carbons (Fsp3) is 1.00. The van der Waals surface area contributed by atoms with Crippen LogP contribution in [0.5, 0.6) is 0 Å². The van der Waals surface area contributed by atoms with Crippen molar-refractivity contribution in [2.45, 2.75) is 12.5 Å². The van der Waals surface area contributed by atoms with E-state index in [1.807, 2.05) is 0 Å². The average Bonchev–Trinajstić information content (AvgIpc) is 1.72. The molecule has 0 aromatic carbocycles. The Morgan fingerprint density at radius 2 is 2.25 bits per heavy atom. The van der Waals surface area contributed by atoms with E-state index in [1.165, 1.54) is 26.1 Å². The molecule has 2 aliphatic rings. The van der Waals surface area contributed by atoms with Crippen molar-refractivity contribution in [2.24, 2.45) is 5.92 Å². The molecule has 0 bridgehead atoms. The van der Waals surface area contributed by atoms with Crippen molar-refractivity contribution >= 4 is 0 Å². The average molecular weight is 112 g/mol. The minimum atomic E-state index is 0.872. The van der Waals surface area contributed by atoms with Gasteiger partial charge in [0.2, 0.25) is 0 Å². The zero-order chi connectivity index (χ0) is 5.40. The third kappa shape index (κ3) is 0.565. The zero-order valence-corrected chi connectivity index (χ0v) is 4.98. The Morgan fingerprint density at radius 3 is 2.62 bits per heavy atom. The van der Waals surface area contributed by atoms with Gasteiger partial charge in [-0.2, -0.15) is 0 Å². The number of fused-ring (bicyclic) bond motifs is 1. The molecule has 8 heavy (non-hydrogen) atoms. The Kier molecular flexibility index (Phi) is 1.02. The Bertz CT molecular complexity index is 80.5. The quantitative estimate of drug-likeness (QED) is 0.444. The molecule has 0 aromatic rings. The van der Waals surface area contributed by atoms with Crippen LogP contribution >= 0.6 is 0 Å². The molecule has 2 heteroatoms. The molecule has 0 aromatic heterocycles. The maximum atomic E-state index is 3.41. The number of hydrogen-bond acceptors (Lipinski definition) is 2. The van der Waals surface area contributed by atoms with E-state index in [4.69, 9.17) is 0 Å². The molecular weight excluding hydrogens is 100 g/mol. The Hall–Kier alpha value is -0.0800. The lowest BCUT2D eigenvalue weighted by atomic mass is 9.86. The summed E-state index contributed by atoms with van der Waals surface area (Å²) in [6.07, 6.45) is 1.34. The van der Waals surface area contributed by atoms with Crippen molar-refractivity contribution in [1.82, 2.24) is 10.6 Å². The largest absolute Gasteiger partial charge is 0.316 e. The summed E-state index contributed by atoms with van der Waals surface area (Å²) in [7, 11) is 0. The van der Waals surface area contributed by atoms with E-state index >= 15 is 0 Å². The number of piperidine rings is 1. The normalized spacial score (nSPS) is 45.0. The summed E-state index contributed by atoms with van der Waals surface area (Å²) in [6.45, 7) is 3.71. The minimum Gasteiger partial charge on any atom is -0.316 e. The molecular formula is C6H12N2. The highest BCUT2D eigenvalue weighted by atomic mass is 15.1. The lowest BCUT2D eigenvalue weighted by Crippen LogP contribution is -2.60. The van der Waals surface area contributed by atoms with Crippen molar-refractivity contribution in [3.05, 3.63) is 0 Å². The van der Waals surface area contributed by atoms with Gasteiger partial charge in [0, 0.05) is 19.1 Å².